The lowest BCUT2D eigenvalue weighted by molar-refractivity contribution is 0.586. The first-order chi connectivity index (χ1) is 8.36. The maximum atomic E-state index is 4.57. The van der Waals surface area contributed by atoms with Crippen LogP contribution >= 0.6 is 0 Å². The van der Waals surface area contributed by atoms with Gasteiger partial charge in [0, 0.05) is 37.8 Å². The maximum Gasteiger partial charge on any atom is 0.136 e. The van der Waals surface area contributed by atoms with Gasteiger partial charge in [-0.3, -0.25) is 0 Å². The van der Waals surface area contributed by atoms with Crippen LogP contribution in [0.2, 0.25) is 0 Å². The van der Waals surface area contributed by atoms with Gasteiger partial charge in [-0.05, 0) is 23.9 Å². The van der Waals surface area contributed by atoms with Crippen LogP contribution in [0, 0.1) is 6.92 Å². The Morgan fingerprint density at radius 1 is 1.12 bits per heavy atom. The van der Waals surface area contributed by atoms with E-state index in [1.807, 2.05) is 6.20 Å². The lowest BCUT2D eigenvalue weighted by Crippen LogP contribution is -2.43. The van der Waals surface area contributed by atoms with E-state index in [2.05, 4.69) is 46.4 Å². The smallest absolute Gasteiger partial charge is 0.136 e. The van der Waals surface area contributed by atoms with Gasteiger partial charge in [-0.2, -0.15) is 0 Å². The van der Waals surface area contributed by atoms with Gasteiger partial charge in [-0.1, -0.05) is 18.2 Å². The fraction of sp³-hybridized carbons (Fsp3) is 0.357. The molecule has 2 heterocycles. The second kappa shape index (κ2) is 4.34. The van der Waals surface area contributed by atoms with Gasteiger partial charge in [0.05, 0.1) is 0 Å². The molecule has 1 aliphatic rings. The van der Waals surface area contributed by atoms with Gasteiger partial charge < -0.3 is 10.2 Å². The molecule has 1 aromatic carbocycles. The predicted octanol–water partition coefficient (Wildman–Crippen LogP) is 1.95. The van der Waals surface area contributed by atoms with Crippen molar-refractivity contribution in [2.45, 2.75) is 6.92 Å². The highest BCUT2D eigenvalue weighted by molar-refractivity contribution is 5.94. The fourth-order valence-corrected chi connectivity index (χ4v) is 2.48. The average Bonchev–Trinajstić information content (AvgIpc) is 2.40. The van der Waals surface area contributed by atoms with Gasteiger partial charge in [0.2, 0.25) is 0 Å². The zero-order chi connectivity index (χ0) is 11.7. The third-order valence-electron chi connectivity index (χ3n) is 3.42. The lowest BCUT2D eigenvalue weighted by Gasteiger charge is -2.29. The lowest BCUT2D eigenvalue weighted by atomic mass is 10.1. The first-order valence-corrected chi connectivity index (χ1v) is 6.16. The van der Waals surface area contributed by atoms with Crippen molar-refractivity contribution in [1.82, 2.24) is 10.3 Å². The SMILES string of the molecule is Cc1cccc2c(N3CCNCC3)nccc12. The number of fused-ring (bicyclic) bond motifs is 1. The molecule has 0 spiro atoms. The molecule has 0 saturated carbocycles. The molecule has 3 nitrogen and oxygen atoms in total. The van der Waals surface area contributed by atoms with E-state index >= 15 is 0 Å². The molecule has 1 aliphatic heterocycles. The summed E-state index contributed by atoms with van der Waals surface area (Å²) in [5.41, 5.74) is 1.32. The molecule has 0 aliphatic carbocycles. The van der Waals surface area contributed by atoms with Crippen molar-refractivity contribution in [2.75, 3.05) is 31.1 Å². The van der Waals surface area contributed by atoms with Gasteiger partial charge in [0.1, 0.15) is 5.82 Å². The summed E-state index contributed by atoms with van der Waals surface area (Å²) in [7, 11) is 0. The number of nitrogens with one attached hydrogen (secondary N) is 1. The Morgan fingerprint density at radius 3 is 2.76 bits per heavy atom. The Labute approximate surface area is 101 Å². The van der Waals surface area contributed by atoms with Crippen molar-refractivity contribution in [1.29, 1.82) is 0 Å². The number of rotatable bonds is 1. The summed E-state index contributed by atoms with van der Waals surface area (Å²) < 4.78 is 0. The van der Waals surface area contributed by atoms with E-state index < -0.39 is 0 Å². The van der Waals surface area contributed by atoms with Crippen LogP contribution in [0.1, 0.15) is 5.56 Å². The highest BCUT2D eigenvalue weighted by Gasteiger charge is 2.14. The first kappa shape index (κ1) is 10.5. The van der Waals surface area contributed by atoms with Crippen molar-refractivity contribution in [3.05, 3.63) is 36.0 Å². The minimum absolute atomic E-state index is 1.04. The molecule has 3 heteroatoms. The molecule has 3 rings (SSSR count). The van der Waals surface area contributed by atoms with E-state index in [1.54, 1.807) is 0 Å². The van der Waals surface area contributed by atoms with E-state index in [0.717, 1.165) is 32.0 Å². The molecule has 17 heavy (non-hydrogen) atoms. The summed E-state index contributed by atoms with van der Waals surface area (Å²) in [6.07, 6.45) is 1.92. The normalized spacial score (nSPS) is 16.4. The van der Waals surface area contributed by atoms with Crippen LogP contribution in [-0.2, 0) is 0 Å². The number of hydrogen-bond acceptors (Lipinski definition) is 3. The van der Waals surface area contributed by atoms with Crippen LogP contribution in [0.5, 0.6) is 0 Å². The van der Waals surface area contributed by atoms with Crippen LogP contribution < -0.4 is 10.2 Å². The molecule has 1 N–H and O–H groups in total. The molecule has 1 saturated heterocycles. The summed E-state index contributed by atoms with van der Waals surface area (Å²) in [5, 5.41) is 5.96. The second-order valence-corrected chi connectivity index (χ2v) is 4.54. The Balaban J connectivity index is 2.12. The largest absolute Gasteiger partial charge is 0.354 e. The molecular weight excluding hydrogens is 210 g/mol. The molecular formula is C14H17N3. The highest BCUT2D eigenvalue weighted by Crippen LogP contribution is 2.26. The molecule has 0 atom stereocenters. The number of aryl methyl sites for hydroxylation is 1. The van der Waals surface area contributed by atoms with Crippen molar-refractivity contribution < 1.29 is 0 Å². The number of piperazine rings is 1. The van der Waals surface area contributed by atoms with Gasteiger partial charge in [-0.25, -0.2) is 4.98 Å². The zero-order valence-electron chi connectivity index (χ0n) is 10.1. The molecule has 0 radical (unpaired) electrons. The third-order valence-corrected chi connectivity index (χ3v) is 3.42. The number of anilines is 1. The summed E-state index contributed by atoms with van der Waals surface area (Å²) in [5.74, 6) is 1.13. The Hall–Kier alpha value is -1.61. The van der Waals surface area contributed by atoms with Crippen LogP contribution in [0.4, 0.5) is 5.82 Å². The van der Waals surface area contributed by atoms with Crippen molar-refractivity contribution in [3.8, 4) is 0 Å². The van der Waals surface area contributed by atoms with Gasteiger partial charge in [0.15, 0.2) is 0 Å². The first-order valence-electron chi connectivity index (χ1n) is 6.16. The summed E-state index contributed by atoms with van der Waals surface area (Å²) in [6, 6.07) is 8.55. The second-order valence-electron chi connectivity index (χ2n) is 4.54. The number of nitrogens with zero attached hydrogens (tertiary/aromatic N) is 2. The zero-order valence-corrected chi connectivity index (χ0v) is 10.1. The van der Waals surface area contributed by atoms with Crippen molar-refractivity contribution in [2.24, 2.45) is 0 Å². The Bertz CT molecular complexity index is 530. The van der Waals surface area contributed by atoms with E-state index in [4.69, 9.17) is 0 Å². The minimum atomic E-state index is 1.04. The number of aromatic nitrogens is 1. The van der Waals surface area contributed by atoms with Gasteiger partial charge >= 0.3 is 0 Å². The molecule has 1 aromatic heterocycles. The molecule has 2 aromatic rings. The highest BCUT2D eigenvalue weighted by atomic mass is 15.2. The average molecular weight is 227 g/mol. The van der Waals surface area contributed by atoms with E-state index in [-0.39, 0.29) is 0 Å². The summed E-state index contributed by atoms with van der Waals surface area (Å²) >= 11 is 0. The molecule has 0 bridgehead atoms. The van der Waals surface area contributed by atoms with Crippen molar-refractivity contribution >= 4 is 16.6 Å². The maximum absolute atomic E-state index is 4.57. The molecule has 0 unspecified atom stereocenters. The van der Waals surface area contributed by atoms with Gasteiger partial charge in [-0.15, -0.1) is 0 Å². The van der Waals surface area contributed by atoms with Crippen molar-refractivity contribution in [3.63, 3.8) is 0 Å². The standard InChI is InChI=1S/C14H17N3/c1-11-3-2-4-13-12(11)5-6-16-14(13)17-9-7-15-8-10-17/h2-6,15H,7-10H2,1H3. The van der Waals surface area contributed by atoms with Crippen LogP contribution in [0.15, 0.2) is 30.5 Å². The van der Waals surface area contributed by atoms with Crippen LogP contribution in [-0.4, -0.2) is 31.2 Å². The summed E-state index contributed by atoms with van der Waals surface area (Å²) in [6.45, 7) is 6.33. The Kier molecular flexibility index (Phi) is 2.69. The quantitative estimate of drug-likeness (QED) is 0.807. The van der Waals surface area contributed by atoms with E-state index in [9.17, 15) is 0 Å². The number of pyridine rings is 1. The van der Waals surface area contributed by atoms with Crippen LogP contribution in [0.25, 0.3) is 10.8 Å². The van der Waals surface area contributed by atoms with E-state index in [1.165, 1.54) is 16.3 Å². The third kappa shape index (κ3) is 1.87. The topological polar surface area (TPSA) is 28.2 Å². The van der Waals surface area contributed by atoms with Gasteiger partial charge in [0.25, 0.3) is 0 Å². The van der Waals surface area contributed by atoms with E-state index in [0.29, 0.717) is 0 Å². The molecule has 0 amide bonds. The molecule has 88 valence electrons. The monoisotopic (exact) mass is 227 g/mol. The number of benzene rings is 1. The summed E-state index contributed by atoms with van der Waals surface area (Å²) in [4.78, 5) is 6.94. The Morgan fingerprint density at radius 2 is 1.94 bits per heavy atom. The minimum Gasteiger partial charge on any atom is -0.354 e. The predicted molar refractivity (Wildman–Crippen MR) is 71.6 cm³/mol. The molecule has 1 fully saturated rings. The van der Waals surface area contributed by atoms with Crippen LogP contribution in [0.3, 0.4) is 0 Å². The number of hydrogen-bond donors (Lipinski definition) is 1. The fourth-order valence-electron chi connectivity index (χ4n) is 2.48.